The summed E-state index contributed by atoms with van der Waals surface area (Å²) in [6.07, 6.45) is 1.34. The minimum Gasteiger partial charge on any atom is -0.490 e. The van der Waals surface area contributed by atoms with Crippen LogP contribution >= 0.6 is 11.6 Å². The number of ether oxygens (including phenoxy) is 1. The minimum atomic E-state index is -0.0598. The second-order valence-electron chi connectivity index (χ2n) is 4.25. The van der Waals surface area contributed by atoms with Crippen molar-refractivity contribution >= 4 is 28.1 Å². The van der Waals surface area contributed by atoms with Crippen LogP contribution in [-0.4, -0.2) is 16.3 Å². The lowest BCUT2D eigenvalue weighted by molar-refractivity contribution is 0.242. The third kappa shape index (κ3) is 2.55. The average molecular weight is 278 g/mol. The standard InChI is InChI=1S/C13H12ClN3O2/c1-7(2)19-12-4-10-9(3-8(12)5-15)11(17-18)6-16-13(10)14/h3-4,6-7,17-18H,1-2H3. The molecule has 0 fully saturated rings. The Morgan fingerprint density at radius 3 is 2.74 bits per heavy atom. The van der Waals surface area contributed by atoms with Crippen LogP contribution in [0.1, 0.15) is 19.4 Å². The summed E-state index contributed by atoms with van der Waals surface area (Å²) in [5, 5.41) is 19.7. The van der Waals surface area contributed by atoms with E-state index in [-0.39, 0.29) is 11.3 Å². The number of hydrogen-bond donors (Lipinski definition) is 2. The van der Waals surface area contributed by atoms with Gasteiger partial charge in [0, 0.05) is 10.8 Å². The number of hydrogen-bond acceptors (Lipinski definition) is 5. The molecule has 0 saturated carbocycles. The molecule has 0 radical (unpaired) electrons. The van der Waals surface area contributed by atoms with Crippen molar-refractivity contribution < 1.29 is 9.94 Å². The van der Waals surface area contributed by atoms with Gasteiger partial charge in [-0.3, -0.25) is 10.7 Å². The number of benzene rings is 1. The highest BCUT2D eigenvalue weighted by Gasteiger charge is 2.13. The smallest absolute Gasteiger partial charge is 0.138 e. The van der Waals surface area contributed by atoms with E-state index in [1.807, 2.05) is 19.3 Å². The van der Waals surface area contributed by atoms with E-state index in [1.165, 1.54) is 6.20 Å². The van der Waals surface area contributed by atoms with Gasteiger partial charge in [0.05, 0.1) is 23.6 Å². The van der Waals surface area contributed by atoms with Crippen LogP contribution in [-0.2, 0) is 0 Å². The first kappa shape index (κ1) is 13.4. The van der Waals surface area contributed by atoms with Crippen LogP contribution in [0.5, 0.6) is 5.75 Å². The Morgan fingerprint density at radius 2 is 2.16 bits per heavy atom. The van der Waals surface area contributed by atoms with Gasteiger partial charge >= 0.3 is 0 Å². The second kappa shape index (κ2) is 5.31. The van der Waals surface area contributed by atoms with Crippen LogP contribution in [0.2, 0.25) is 5.15 Å². The van der Waals surface area contributed by atoms with Gasteiger partial charge < -0.3 is 4.74 Å². The van der Waals surface area contributed by atoms with Crippen molar-refractivity contribution in [3.8, 4) is 11.8 Å². The summed E-state index contributed by atoms with van der Waals surface area (Å²) in [7, 11) is 0. The minimum absolute atomic E-state index is 0.0598. The molecular formula is C13H12ClN3O2. The SMILES string of the molecule is CC(C)Oc1cc2c(Cl)ncc(NO)c2cc1C#N. The van der Waals surface area contributed by atoms with Gasteiger partial charge in [0.2, 0.25) is 0 Å². The van der Waals surface area contributed by atoms with E-state index < -0.39 is 0 Å². The van der Waals surface area contributed by atoms with Crippen LogP contribution in [0.15, 0.2) is 18.3 Å². The third-order valence-electron chi connectivity index (χ3n) is 2.54. The molecule has 1 heterocycles. The number of halogens is 1. The molecule has 5 nitrogen and oxygen atoms in total. The first-order chi connectivity index (χ1) is 9.06. The molecular weight excluding hydrogens is 266 g/mol. The molecule has 98 valence electrons. The Hall–Kier alpha value is -2.03. The van der Waals surface area contributed by atoms with Crippen LogP contribution in [0.25, 0.3) is 10.8 Å². The lowest BCUT2D eigenvalue weighted by Crippen LogP contribution is -2.07. The zero-order valence-electron chi connectivity index (χ0n) is 10.4. The van der Waals surface area contributed by atoms with Gasteiger partial charge in [-0.1, -0.05) is 11.6 Å². The van der Waals surface area contributed by atoms with E-state index in [2.05, 4.69) is 11.1 Å². The van der Waals surface area contributed by atoms with E-state index in [0.29, 0.717) is 27.8 Å². The maximum absolute atomic E-state index is 9.16. The van der Waals surface area contributed by atoms with Gasteiger partial charge in [0.25, 0.3) is 0 Å². The lowest BCUT2D eigenvalue weighted by atomic mass is 10.1. The fraction of sp³-hybridized carbons (Fsp3) is 0.231. The number of aromatic nitrogens is 1. The van der Waals surface area contributed by atoms with Crippen LogP contribution < -0.4 is 10.2 Å². The summed E-state index contributed by atoms with van der Waals surface area (Å²) in [6.45, 7) is 3.74. The highest BCUT2D eigenvalue weighted by Crippen LogP contribution is 2.33. The molecule has 2 N–H and O–H groups in total. The normalized spacial score (nSPS) is 10.5. The number of nitriles is 1. The van der Waals surface area contributed by atoms with E-state index in [1.54, 1.807) is 12.1 Å². The summed E-state index contributed by atoms with van der Waals surface area (Å²) in [5.41, 5.74) is 2.79. The molecule has 0 aliphatic carbocycles. The Morgan fingerprint density at radius 1 is 1.42 bits per heavy atom. The van der Waals surface area contributed by atoms with Crippen molar-refractivity contribution in [2.24, 2.45) is 0 Å². The van der Waals surface area contributed by atoms with Gasteiger partial charge in [-0.2, -0.15) is 5.26 Å². The monoisotopic (exact) mass is 277 g/mol. The van der Waals surface area contributed by atoms with Crippen molar-refractivity contribution in [2.75, 3.05) is 5.48 Å². The molecule has 0 aliphatic rings. The predicted octanol–water partition coefficient (Wildman–Crippen LogP) is 3.35. The highest BCUT2D eigenvalue weighted by molar-refractivity contribution is 6.34. The zero-order chi connectivity index (χ0) is 14.0. The van der Waals surface area contributed by atoms with Crippen molar-refractivity contribution in [3.05, 3.63) is 29.0 Å². The average Bonchev–Trinajstić information content (AvgIpc) is 2.38. The number of nitrogens with one attached hydrogen (secondary N) is 1. The topological polar surface area (TPSA) is 78.2 Å². The third-order valence-corrected chi connectivity index (χ3v) is 2.84. The van der Waals surface area contributed by atoms with Gasteiger partial charge in [-0.05, 0) is 26.0 Å². The lowest BCUT2D eigenvalue weighted by Gasteiger charge is -2.13. The van der Waals surface area contributed by atoms with E-state index in [0.717, 1.165) is 0 Å². The molecule has 0 unspecified atom stereocenters. The van der Waals surface area contributed by atoms with Crippen LogP contribution in [0, 0.1) is 11.3 Å². The Labute approximate surface area is 115 Å². The number of anilines is 1. The largest absolute Gasteiger partial charge is 0.490 e. The molecule has 1 aromatic heterocycles. The molecule has 6 heteroatoms. The van der Waals surface area contributed by atoms with E-state index in [9.17, 15) is 0 Å². The van der Waals surface area contributed by atoms with E-state index in [4.69, 9.17) is 26.8 Å². The Balaban J connectivity index is 2.74. The number of rotatable bonds is 3. The predicted molar refractivity (Wildman–Crippen MR) is 72.6 cm³/mol. The summed E-state index contributed by atoms with van der Waals surface area (Å²) in [5.74, 6) is 0.448. The molecule has 2 rings (SSSR count). The maximum atomic E-state index is 9.16. The van der Waals surface area contributed by atoms with Crippen molar-refractivity contribution in [1.82, 2.24) is 4.98 Å². The molecule has 0 spiro atoms. The molecule has 2 aromatic rings. The molecule has 19 heavy (non-hydrogen) atoms. The molecule has 0 amide bonds. The van der Waals surface area contributed by atoms with Crippen LogP contribution in [0.4, 0.5) is 5.69 Å². The molecule has 0 aliphatic heterocycles. The number of pyridine rings is 1. The fourth-order valence-corrected chi connectivity index (χ4v) is 1.97. The fourth-order valence-electron chi connectivity index (χ4n) is 1.76. The maximum Gasteiger partial charge on any atom is 0.138 e. The zero-order valence-corrected chi connectivity index (χ0v) is 11.2. The number of fused-ring (bicyclic) bond motifs is 1. The first-order valence-corrected chi connectivity index (χ1v) is 6.03. The summed E-state index contributed by atoms with van der Waals surface area (Å²) < 4.78 is 5.58. The van der Waals surface area contributed by atoms with E-state index >= 15 is 0 Å². The first-order valence-electron chi connectivity index (χ1n) is 5.66. The molecule has 0 bridgehead atoms. The highest BCUT2D eigenvalue weighted by atomic mass is 35.5. The van der Waals surface area contributed by atoms with Gasteiger partial charge in [-0.15, -0.1) is 0 Å². The summed E-state index contributed by atoms with van der Waals surface area (Å²) in [4.78, 5) is 3.96. The second-order valence-corrected chi connectivity index (χ2v) is 4.60. The number of nitrogens with zero attached hydrogens (tertiary/aromatic N) is 2. The molecule has 0 atom stereocenters. The Kier molecular flexibility index (Phi) is 3.74. The summed E-state index contributed by atoms with van der Waals surface area (Å²) in [6, 6.07) is 5.33. The summed E-state index contributed by atoms with van der Waals surface area (Å²) >= 11 is 6.03. The quantitative estimate of drug-likeness (QED) is 0.664. The Bertz CT molecular complexity index is 665. The molecule has 0 saturated heterocycles. The van der Waals surface area contributed by atoms with Crippen molar-refractivity contribution in [1.29, 1.82) is 5.26 Å². The van der Waals surface area contributed by atoms with Gasteiger partial charge in [-0.25, -0.2) is 4.98 Å². The van der Waals surface area contributed by atoms with Gasteiger partial charge in [0.1, 0.15) is 17.0 Å². The van der Waals surface area contributed by atoms with Crippen LogP contribution in [0.3, 0.4) is 0 Å². The van der Waals surface area contributed by atoms with Crippen molar-refractivity contribution in [3.63, 3.8) is 0 Å². The van der Waals surface area contributed by atoms with Crippen molar-refractivity contribution in [2.45, 2.75) is 20.0 Å². The molecule has 1 aromatic carbocycles. The van der Waals surface area contributed by atoms with Gasteiger partial charge in [0.15, 0.2) is 0 Å².